The molecule has 4 heterocycles. The first-order valence-electron chi connectivity index (χ1n) is 7.36. The second-order valence-corrected chi connectivity index (χ2v) is 5.73. The van der Waals surface area contributed by atoms with Crippen molar-refractivity contribution in [1.29, 1.82) is 0 Å². The minimum absolute atomic E-state index is 0.116. The third-order valence-corrected chi connectivity index (χ3v) is 3.88. The predicted octanol–water partition coefficient (Wildman–Crippen LogP) is 2.33. The molecule has 0 saturated carbocycles. The Morgan fingerprint density at radius 3 is 2.61 bits per heavy atom. The zero-order valence-electron chi connectivity index (χ0n) is 13.1. The van der Waals surface area contributed by atoms with Gasteiger partial charge < -0.3 is 0 Å². The van der Waals surface area contributed by atoms with E-state index in [2.05, 4.69) is 15.1 Å². The zero-order chi connectivity index (χ0) is 16.1. The molecule has 0 fully saturated rings. The van der Waals surface area contributed by atoms with Gasteiger partial charge in [0.2, 0.25) is 0 Å². The molecule has 0 N–H and O–H groups in total. The molecule has 0 bridgehead atoms. The molecule has 0 aliphatic heterocycles. The Morgan fingerprint density at radius 2 is 1.78 bits per heavy atom. The average molecular weight is 305 g/mol. The van der Waals surface area contributed by atoms with Crippen molar-refractivity contribution in [2.45, 2.75) is 20.8 Å². The number of pyridine rings is 1. The fourth-order valence-electron chi connectivity index (χ4n) is 2.76. The molecule has 4 rings (SSSR count). The fourth-order valence-corrected chi connectivity index (χ4v) is 2.76. The topological polar surface area (TPSA) is 64.6 Å². The van der Waals surface area contributed by atoms with Crippen LogP contribution in [0.15, 0.2) is 41.5 Å². The van der Waals surface area contributed by atoms with Crippen molar-refractivity contribution < 1.29 is 0 Å². The molecule has 23 heavy (non-hydrogen) atoms. The Kier molecular flexibility index (Phi) is 2.81. The SMILES string of the molecule is Cc1cn2nc(-c3cc(=O)n4cccc(C)c4n3)cc(C)c2n1. The Balaban J connectivity index is 2.02. The van der Waals surface area contributed by atoms with Crippen molar-refractivity contribution >= 4 is 11.3 Å². The van der Waals surface area contributed by atoms with Gasteiger partial charge >= 0.3 is 0 Å². The lowest BCUT2D eigenvalue weighted by atomic mass is 10.2. The van der Waals surface area contributed by atoms with Crippen LogP contribution in [0.5, 0.6) is 0 Å². The number of nitrogens with zero attached hydrogens (tertiary/aromatic N) is 5. The molecule has 0 aliphatic carbocycles. The minimum Gasteiger partial charge on any atom is -0.269 e. The van der Waals surface area contributed by atoms with Gasteiger partial charge in [-0.25, -0.2) is 14.5 Å². The summed E-state index contributed by atoms with van der Waals surface area (Å²) in [5.74, 6) is 0. The summed E-state index contributed by atoms with van der Waals surface area (Å²) >= 11 is 0. The van der Waals surface area contributed by atoms with Crippen LogP contribution in [0.4, 0.5) is 0 Å². The molecular weight excluding hydrogens is 290 g/mol. The van der Waals surface area contributed by atoms with E-state index < -0.39 is 0 Å². The standard InChI is InChI=1S/C17H15N5O/c1-10-5-4-6-21-15(23)8-13(19-16(10)21)14-7-11(2)17-18-12(3)9-22(17)20-14/h4-9H,1-3H3. The van der Waals surface area contributed by atoms with Crippen molar-refractivity contribution in [2.75, 3.05) is 0 Å². The number of imidazole rings is 1. The van der Waals surface area contributed by atoms with Gasteiger partial charge in [-0.15, -0.1) is 0 Å². The summed E-state index contributed by atoms with van der Waals surface area (Å²) in [7, 11) is 0. The molecule has 0 unspecified atom stereocenters. The van der Waals surface area contributed by atoms with Gasteiger partial charge in [-0.2, -0.15) is 5.10 Å². The Morgan fingerprint density at radius 1 is 0.957 bits per heavy atom. The third kappa shape index (κ3) is 2.11. The van der Waals surface area contributed by atoms with Gasteiger partial charge in [-0.1, -0.05) is 6.07 Å². The van der Waals surface area contributed by atoms with E-state index in [1.54, 1.807) is 15.1 Å². The molecule has 4 aromatic heterocycles. The lowest BCUT2D eigenvalue weighted by Gasteiger charge is -2.07. The summed E-state index contributed by atoms with van der Waals surface area (Å²) in [5.41, 5.74) is 5.43. The summed E-state index contributed by atoms with van der Waals surface area (Å²) < 4.78 is 3.28. The molecule has 0 atom stereocenters. The minimum atomic E-state index is -0.116. The fraction of sp³-hybridized carbons (Fsp3) is 0.176. The largest absolute Gasteiger partial charge is 0.269 e. The van der Waals surface area contributed by atoms with Crippen LogP contribution in [0.2, 0.25) is 0 Å². The van der Waals surface area contributed by atoms with Crippen LogP contribution >= 0.6 is 0 Å². The molecule has 6 heteroatoms. The third-order valence-electron chi connectivity index (χ3n) is 3.88. The second kappa shape index (κ2) is 4.74. The highest BCUT2D eigenvalue weighted by Crippen LogP contribution is 2.19. The highest BCUT2D eigenvalue weighted by atomic mass is 16.1. The summed E-state index contributed by atoms with van der Waals surface area (Å²) in [6.45, 7) is 5.84. The van der Waals surface area contributed by atoms with E-state index in [9.17, 15) is 4.79 Å². The van der Waals surface area contributed by atoms with E-state index in [0.29, 0.717) is 17.0 Å². The normalized spacial score (nSPS) is 11.4. The van der Waals surface area contributed by atoms with Gasteiger partial charge in [-0.3, -0.25) is 9.20 Å². The first-order valence-corrected chi connectivity index (χ1v) is 7.36. The summed E-state index contributed by atoms with van der Waals surface area (Å²) in [6, 6.07) is 7.21. The Bertz CT molecular complexity index is 1120. The smallest absolute Gasteiger partial charge is 0.258 e. The first-order chi connectivity index (χ1) is 11.0. The maximum absolute atomic E-state index is 12.4. The maximum atomic E-state index is 12.4. The van der Waals surface area contributed by atoms with Crippen LogP contribution in [-0.4, -0.2) is 24.0 Å². The van der Waals surface area contributed by atoms with Gasteiger partial charge in [0.25, 0.3) is 5.56 Å². The number of fused-ring (bicyclic) bond motifs is 2. The summed E-state index contributed by atoms with van der Waals surface area (Å²) in [5, 5.41) is 4.55. The van der Waals surface area contributed by atoms with Crippen molar-refractivity contribution in [3.8, 4) is 11.4 Å². The average Bonchev–Trinajstić information content (AvgIpc) is 2.89. The first kappa shape index (κ1) is 13.6. The highest BCUT2D eigenvalue weighted by molar-refractivity contribution is 5.62. The lowest BCUT2D eigenvalue weighted by molar-refractivity contribution is 0.925. The van der Waals surface area contributed by atoms with Crippen molar-refractivity contribution in [2.24, 2.45) is 0 Å². The molecule has 6 nitrogen and oxygen atoms in total. The van der Waals surface area contributed by atoms with Gasteiger partial charge in [0.15, 0.2) is 5.65 Å². The zero-order valence-corrected chi connectivity index (χ0v) is 13.1. The van der Waals surface area contributed by atoms with Crippen LogP contribution in [0.1, 0.15) is 16.8 Å². The van der Waals surface area contributed by atoms with E-state index in [1.165, 1.54) is 6.07 Å². The van der Waals surface area contributed by atoms with Crippen molar-refractivity contribution in [3.05, 3.63) is 63.8 Å². The van der Waals surface area contributed by atoms with Gasteiger partial charge in [0, 0.05) is 12.3 Å². The molecule has 0 spiro atoms. The van der Waals surface area contributed by atoms with Crippen LogP contribution in [-0.2, 0) is 0 Å². The maximum Gasteiger partial charge on any atom is 0.258 e. The molecular formula is C17H15N5O. The molecule has 0 saturated heterocycles. The van der Waals surface area contributed by atoms with Crippen LogP contribution in [0.3, 0.4) is 0 Å². The van der Waals surface area contributed by atoms with Gasteiger partial charge in [0.05, 0.1) is 17.6 Å². The number of rotatable bonds is 1. The molecule has 0 radical (unpaired) electrons. The summed E-state index contributed by atoms with van der Waals surface area (Å²) in [4.78, 5) is 21.4. The monoisotopic (exact) mass is 305 g/mol. The molecule has 0 aromatic carbocycles. The number of hydrogen-bond acceptors (Lipinski definition) is 4. The van der Waals surface area contributed by atoms with Crippen molar-refractivity contribution in [1.82, 2.24) is 24.0 Å². The van der Waals surface area contributed by atoms with Crippen LogP contribution in [0.25, 0.3) is 22.7 Å². The number of aryl methyl sites for hydroxylation is 3. The lowest BCUT2D eigenvalue weighted by Crippen LogP contribution is -2.15. The molecule has 114 valence electrons. The molecule has 4 aromatic rings. The quantitative estimate of drug-likeness (QED) is 0.541. The van der Waals surface area contributed by atoms with Crippen LogP contribution < -0.4 is 5.56 Å². The second-order valence-electron chi connectivity index (χ2n) is 5.73. The Hall–Kier alpha value is -3.02. The van der Waals surface area contributed by atoms with Gasteiger partial charge in [-0.05, 0) is 44.0 Å². The molecule has 0 aliphatic rings. The Labute approximate surface area is 132 Å². The number of hydrogen-bond donors (Lipinski definition) is 0. The van der Waals surface area contributed by atoms with E-state index in [4.69, 9.17) is 0 Å². The van der Waals surface area contributed by atoms with E-state index in [0.717, 1.165) is 22.5 Å². The highest BCUT2D eigenvalue weighted by Gasteiger charge is 2.11. The van der Waals surface area contributed by atoms with Crippen molar-refractivity contribution in [3.63, 3.8) is 0 Å². The van der Waals surface area contributed by atoms with Gasteiger partial charge in [0.1, 0.15) is 11.3 Å². The van der Waals surface area contributed by atoms with Crippen LogP contribution in [0, 0.1) is 20.8 Å². The van der Waals surface area contributed by atoms with E-state index in [-0.39, 0.29) is 5.56 Å². The summed E-state index contributed by atoms with van der Waals surface area (Å²) in [6.07, 6.45) is 3.59. The van der Waals surface area contributed by atoms with E-state index in [1.807, 2.05) is 45.2 Å². The predicted molar refractivity (Wildman–Crippen MR) is 87.7 cm³/mol. The number of aromatic nitrogens is 5. The van der Waals surface area contributed by atoms with E-state index >= 15 is 0 Å². The molecule has 0 amide bonds.